The van der Waals surface area contributed by atoms with Gasteiger partial charge in [0.1, 0.15) is 0 Å². The summed E-state index contributed by atoms with van der Waals surface area (Å²) in [5.74, 6) is 5.68. The lowest BCUT2D eigenvalue weighted by atomic mass is 10.0. The molecule has 3 nitrogen and oxygen atoms in total. The number of pyridine rings is 1. The molecule has 90 valence electrons. The van der Waals surface area contributed by atoms with Gasteiger partial charge >= 0.3 is 0 Å². The molecule has 1 atom stereocenters. The zero-order valence-corrected chi connectivity index (χ0v) is 11.9. The minimum atomic E-state index is -0.0551. The Kier molecular flexibility index (Phi) is 4.28. The van der Waals surface area contributed by atoms with E-state index in [4.69, 9.17) is 5.84 Å². The minimum absolute atomic E-state index is 0.0551. The largest absolute Gasteiger partial charge is 0.270 e. The number of nitrogens with one attached hydrogen (secondary N) is 1. The zero-order chi connectivity index (χ0) is 12.3. The summed E-state index contributed by atoms with van der Waals surface area (Å²) in [7, 11) is 0. The Bertz CT molecular complexity index is 498. The van der Waals surface area contributed by atoms with Crippen LogP contribution in [-0.2, 0) is 6.42 Å². The van der Waals surface area contributed by atoms with Gasteiger partial charge in [0.05, 0.1) is 11.7 Å². The van der Waals surface area contributed by atoms with Crippen LogP contribution in [0.3, 0.4) is 0 Å². The van der Waals surface area contributed by atoms with Crippen LogP contribution >= 0.6 is 27.3 Å². The van der Waals surface area contributed by atoms with Gasteiger partial charge < -0.3 is 0 Å². The fraction of sp³-hybridized carbons (Fsp3) is 0.250. The lowest BCUT2D eigenvalue weighted by Gasteiger charge is -2.17. The Morgan fingerprint density at radius 3 is 2.94 bits per heavy atom. The summed E-state index contributed by atoms with van der Waals surface area (Å²) in [6.07, 6.45) is 2.75. The van der Waals surface area contributed by atoms with Gasteiger partial charge in [0, 0.05) is 15.5 Å². The molecule has 0 spiro atoms. The molecule has 0 radical (unpaired) electrons. The number of rotatable bonds is 4. The molecule has 17 heavy (non-hydrogen) atoms. The third-order valence-corrected chi connectivity index (χ3v) is 4.59. The van der Waals surface area contributed by atoms with Gasteiger partial charge in [-0.25, -0.2) is 5.43 Å². The van der Waals surface area contributed by atoms with Crippen LogP contribution in [-0.4, -0.2) is 4.98 Å². The number of aryl methyl sites for hydroxylation is 1. The first kappa shape index (κ1) is 12.7. The normalized spacial score (nSPS) is 12.6. The molecule has 2 rings (SSSR count). The fourth-order valence-electron chi connectivity index (χ4n) is 1.80. The highest BCUT2D eigenvalue weighted by atomic mass is 79.9. The number of aromatic nitrogens is 1. The third kappa shape index (κ3) is 2.57. The van der Waals surface area contributed by atoms with Crippen LogP contribution in [0.15, 0.2) is 34.2 Å². The average Bonchev–Trinajstić information content (AvgIpc) is 2.78. The summed E-state index contributed by atoms with van der Waals surface area (Å²) in [5.41, 5.74) is 5.07. The van der Waals surface area contributed by atoms with Crippen molar-refractivity contribution in [2.24, 2.45) is 5.84 Å². The summed E-state index contributed by atoms with van der Waals surface area (Å²) in [4.78, 5) is 5.61. The van der Waals surface area contributed by atoms with Crippen molar-refractivity contribution in [2.45, 2.75) is 19.4 Å². The van der Waals surface area contributed by atoms with Crippen molar-refractivity contribution < 1.29 is 0 Å². The number of halogens is 1. The van der Waals surface area contributed by atoms with Crippen LogP contribution in [0.25, 0.3) is 0 Å². The summed E-state index contributed by atoms with van der Waals surface area (Å²) < 4.78 is 1.07. The second kappa shape index (κ2) is 5.73. The molecular formula is C12H14BrN3S. The number of nitrogens with two attached hydrogens (primary N) is 1. The smallest absolute Gasteiger partial charge is 0.0987 e. The van der Waals surface area contributed by atoms with Crippen LogP contribution in [0.1, 0.15) is 29.1 Å². The molecule has 0 aliphatic heterocycles. The highest BCUT2D eigenvalue weighted by Crippen LogP contribution is 2.33. The second-order valence-electron chi connectivity index (χ2n) is 3.63. The SMILES string of the molecule is CCc1cccnc1C(NN)c1sccc1Br. The molecule has 0 bridgehead atoms. The maximum Gasteiger partial charge on any atom is 0.0987 e. The molecular weight excluding hydrogens is 298 g/mol. The second-order valence-corrected chi connectivity index (χ2v) is 5.44. The number of hydrazine groups is 1. The van der Waals surface area contributed by atoms with E-state index in [-0.39, 0.29) is 6.04 Å². The molecule has 3 N–H and O–H groups in total. The van der Waals surface area contributed by atoms with Crippen molar-refractivity contribution in [1.29, 1.82) is 0 Å². The van der Waals surface area contributed by atoms with Crippen molar-refractivity contribution >= 4 is 27.3 Å². The third-order valence-electron chi connectivity index (χ3n) is 2.65. The Labute approximate surface area is 113 Å². The molecule has 2 aromatic heterocycles. The maximum absolute atomic E-state index is 5.68. The van der Waals surface area contributed by atoms with Gasteiger partial charge in [-0.3, -0.25) is 10.8 Å². The first-order chi connectivity index (χ1) is 8.27. The zero-order valence-electron chi connectivity index (χ0n) is 9.48. The van der Waals surface area contributed by atoms with E-state index in [0.29, 0.717) is 0 Å². The molecule has 2 aromatic rings. The summed E-state index contributed by atoms with van der Waals surface area (Å²) in [5, 5.41) is 2.04. The molecule has 0 aliphatic rings. The van der Waals surface area contributed by atoms with Crippen LogP contribution < -0.4 is 11.3 Å². The van der Waals surface area contributed by atoms with Gasteiger partial charge in [-0.1, -0.05) is 13.0 Å². The van der Waals surface area contributed by atoms with Crippen molar-refractivity contribution in [2.75, 3.05) is 0 Å². The van der Waals surface area contributed by atoms with Crippen LogP contribution in [0.2, 0.25) is 0 Å². The monoisotopic (exact) mass is 311 g/mol. The van der Waals surface area contributed by atoms with Crippen molar-refractivity contribution in [3.63, 3.8) is 0 Å². The van der Waals surface area contributed by atoms with E-state index in [1.165, 1.54) is 5.56 Å². The van der Waals surface area contributed by atoms with Crippen molar-refractivity contribution in [3.8, 4) is 0 Å². The van der Waals surface area contributed by atoms with E-state index in [2.05, 4.69) is 39.3 Å². The Morgan fingerprint density at radius 2 is 2.35 bits per heavy atom. The predicted molar refractivity (Wildman–Crippen MR) is 74.8 cm³/mol. The van der Waals surface area contributed by atoms with E-state index in [9.17, 15) is 0 Å². The number of thiophene rings is 1. The number of nitrogens with zero attached hydrogens (tertiary/aromatic N) is 1. The van der Waals surface area contributed by atoms with Crippen molar-refractivity contribution in [1.82, 2.24) is 10.4 Å². The molecule has 0 fully saturated rings. The topological polar surface area (TPSA) is 50.9 Å². The van der Waals surface area contributed by atoms with E-state index >= 15 is 0 Å². The molecule has 0 saturated carbocycles. The summed E-state index contributed by atoms with van der Waals surface area (Å²) in [6.45, 7) is 2.12. The quantitative estimate of drug-likeness (QED) is 0.674. The minimum Gasteiger partial charge on any atom is -0.270 e. The number of hydrogen-bond acceptors (Lipinski definition) is 4. The van der Waals surface area contributed by atoms with Gasteiger partial charge in [-0.2, -0.15) is 0 Å². The van der Waals surface area contributed by atoms with Gasteiger partial charge in [0.25, 0.3) is 0 Å². The summed E-state index contributed by atoms with van der Waals surface area (Å²) >= 11 is 5.21. The Morgan fingerprint density at radius 1 is 1.53 bits per heavy atom. The van der Waals surface area contributed by atoms with Crippen LogP contribution in [0, 0.1) is 0 Å². The molecule has 0 saturated heterocycles. The number of hydrogen-bond donors (Lipinski definition) is 2. The first-order valence-electron chi connectivity index (χ1n) is 5.40. The highest BCUT2D eigenvalue weighted by Gasteiger charge is 2.20. The highest BCUT2D eigenvalue weighted by molar-refractivity contribution is 9.10. The Hall–Kier alpha value is -0.750. The van der Waals surface area contributed by atoms with Crippen molar-refractivity contribution in [3.05, 3.63) is 50.4 Å². The molecule has 0 aromatic carbocycles. The molecule has 0 amide bonds. The first-order valence-corrected chi connectivity index (χ1v) is 7.08. The van der Waals surface area contributed by atoms with Crippen LogP contribution in [0.5, 0.6) is 0 Å². The molecule has 0 aliphatic carbocycles. The predicted octanol–water partition coefficient (Wildman–Crippen LogP) is 3.02. The fourth-order valence-corrected chi connectivity index (χ4v) is 3.46. The molecule has 1 unspecified atom stereocenters. The van der Waals surface area contributed by atoms with E-state index in [0.717, 1.165) is 21.5 Å². The van der Waals surface area contributed by atoms with Gasteiger partial charge in [-0.05, 0) is 45.4 Å². The maximum atomic E-state index is 5.68. The molecule has 2 heterocycles. The van der Waals surface area contributed by atoms with Crippen LogP contribution in [0.4, 0.5) is 0 Å². The van der Waals surface area contributed by atoms with Gasteiger partial charge in [0.2, 0.25) is 0 Å². The average molecular weight is 312 g/mol. The lowest BCUT2D eigenvalue weighted by Crippen LogP contribution is -2.30. The van der Waals surface area contributed by atoms with Gasteiger partial charge in [-0.15, -0.1) is 11.3 Å². The standard InChI is InChI=1S/C12H14BrN3S/c1-2-8-4-3-6-15-10(8)11(16-14)12-9(13)5-7-17-12/h3-7,11,16H,2,14H2,1H3. The Balaban J connectivity index is 2.46. The van der Waals surface area contributed by atoms with E-state index < -0.39 is 0 Å². The summed E-state index contributed by atoms with van der Waals surface area (Å²) in [6, 6.07) is 6.02. The lowest BCUT2D eigenvalue weighted by molar-refractivity contribution is 0.621. The molecule has 5 heteroatoms. The van der Waals surface area contributed by atoms with E-state index in [1.54, 1.807) is 17.5 Å². The van der Waals surface area contributed by atoms with E-state index in [1.807, 2.05) is 17.5 Å². The van der Waals surface area contributed by atoms with Gasteiger partial charge in [0.15, 0.2) is 0 Å².